The highest BCUT2D eigenvalue weighted by molar-refractivity contribution is 5.82. The molecule has 0 radical (unpaired) electrons. The van der Waals surface area contributed by atoms with Crippen molar-refractivity contribution in [3.05, 3.63) is 35.9 Å². The zero-order valence-corrected chi connectivity index (χ0v) is 14.9. The summed E-state index contributed by atoms with van der Waals surface area (Å²) >= 11 is 0. The van der Waals surface area contributed by atoms with E-state index >= 15 is 0 Å². The Kier molecular flexibility index (Phi) is 6.08. The summed E-state index contributed by atoms with van der Waals surface area (Å²) in [7, 11) is 0. The predicted octanol–water partition coefficient (Wildman–Crippen LogP) is 2.81. The van der Waals surface area contributed by atoms with Crippen LogP contribution in [0.1, 0.15) is 57.1 Å². The van der Waals surface area contributed by atoms with Crippen molar-refractivity contribution in [1.82, 2.24) is 10.2 Å². The highest BCUT2D eigenvalue weighted by Gasteiger charge is 2.32. The van der Waals surface area contributed by atoms with Crippen LogP contribution in [0.5, 0.6) is 0 Å². The van der Waals surface area contributed by atoms with Crippen LogP contribution in [-0.2, 0) is 14.3 Å². The van der Waals surface area contributed by atoms with E-state index in [1.165, 1.54) is 12.8 Å². The lowest BCUT2D eigenvalue weighted by atomic mass is 10.0. The molecule has 1 atom stereocenters. The Labute approximate surface area is 149 Å². The third-order valence-electron chi connectivity index (χ3n) is 5.17. The molecule has 2 amide bonds. The van der Waals surface area contributed by atoms with E-state index in [2.05, 4.69) is 5.32 Å². The van der Waals surface area contributed by atoms with Gasteiger partial charge in [-0.3, -0.25) is 9.59 Å². The molecule has 0 spiro atoms. The zero-order chi connectivity index (χ0) is 17.6. The van der Waals surface area contributed by atoms with Gasteiger partial charge in [0.2, 0.25) is 5.91 Å². The smallest absolute Gasteiger partial charge is 0.256 e. The largest absolute Gasteiger partial charge is 0.360 e. The molecule has 1 saturated carbocycles. The van der Waals surface area contributed by atoms with Crippen molar-refractivity contribution in [2.75, 3.05) is 13.1 Å². The fourth-order valence-electron chi connectivity index (χ4n) is 3.82. The van der Waals surface area contributed by atoms with Gasteiger partial charge in [-0.25, -0.2) is 0 Å². The number of benzene rings is 1. The lowest BCUT2D eigenvalue weighted by Crippen LogP contribution is -2.47. The molecule has 5 heteroatoms. The molecule has 2 fully saturated rings. The first kappa shape index (κ1) is 17.9. The number of likely N-dealkylation sites (tertiary alicyclic amines) is 1. The van der Waals surface area contributed by atoms with E-state index in [-0.39, 0.29) is 24.0 Å². The Hall–Kier alpha value is -1.88. The minimum absolute atomic E-state index is 0.00324. The molecular formula is C20H28N2O3. The lowest BCUT2D eigenvalue weighted by molar-refractivity contribution is -0.149. The fraction of sp³-hybridized carbons (Fsp3) is 0.600. The van der Waals surface area contributed by atoms with Gasteiger partial charge in [-0.15, -0.1) is 0 Å². The summed E-state index contributed by atoms with van der Waals surface area (Å²) in [5.74, 6) is 0.0517. The SMILES string of the molecule is CC(=O)NC1CCN(C(=O)[C@H](OC2CCCC2)c2ccccc2)CC1. The maximum atomic E-state index is 13.1. The maximum Gasteiger partial charge on any atom is 0.256 e. The summed E-state index contributed by atoms with van der Waals surface area (Å²) in [6.45, 7) is 2.88. The van der Waals surface area contributed by atoms with Crippen molar-refractivity contribution in [2.24, 2.45) is 0 Å². The summed E-state index contributed by atoms with van der Waals surface area (Å²) in [6, 6.07) is 9.99. The number of ether oxygens (including phenoxy) is 1. The van der Waals surface area contributed by atoms with Crippen molar-refractivity contribution in [1.29, 1.82) is 0 Å². The Morgan fingerprint density at radius 1 is 1.08 bits per heavy atom. The molecule has 1 N–H and O–H groups in total. The Morgan fingerprint density at radius 3 is 2.32 bits per heavy atom. The fourth-order valence-corrected chi connectivity index (χ4v) is 3.82. The molecule has 1 aliphatic carbocycles. The molecule has 1 saturated heterocycles. The average molecular weight is 344 g/mol. The third kappa shape index (κ3) is 4.82. The van der Waals surface area contributed by atoms with E-state index in [1.807, 2.05) is 35.2 Å². The maximum absolute atomic E-state index is 13.1. The number of hydrogen-bond acceptors (Lipinski definition) is 3. The van der Waals surface area contributed by atoms with Crippen molar-refractivity contribution in [2.45, 2.75) is 63.7 Å². The first-order chi connectivity index (χ1) is 12.1. The van der Waals surface area contributed by atoms with E-state index in [4.69, 9.17) is 4.74 Å². The van der Waals surface area contributed by atoms with Crippen molar-refractivity contribution in [3.63, 3.8) is 0 Å². The molecule has 0 bridgehead atoms. The van der Waals surface area contributed by atoms with Gasteiger partial charge in [0.05, 0.1) is 6.10 Å². The van der Waals surface area contributed by atoms with E-state index < -0.39 is 6.10 Å². The normalized spacial score (nSPS) is 20.4. The van der Waals surface area contributed by atoms with Gasteiger partial charge in [0.25, 0.3) is 5.91 Å². The summed E-state index contributed by atoms with van der Waals surface area (Å²) in [5, 5.41) is 2.95. The Morgan fingerprint density at radius 2 is 1.72 bits per heavy atom. The second-order valence-corrected chi connectivity index (χ2v) is 7.13. The van der Waals surface area contributed by atoms with Gasteiger partial charge in [-0.2, -0.15) is 0 Å². The lowest BCUT2D eigenvalue weighted by Gasteiger charge is -2.35. The summed E-state index contributed by atoms with van der Waals surface area (Å²) < 4.78 is 6.24. The zero-order valence-electron chi connectivity index (χ0n) is 14.9. The van der Waals surface area contributed by atoms with Crippen LogP contribution >= 0.6 is 0 Å². The second kappa shape index (κ2) is 8.48. The minimum Gasteiger partial charge on any atom is -0.360 e. The van der Waals surface area contributed by atoms with E-state index in [1.54, 1.807) is 6.92 Å². The number of hydrogen-bond donors (Lipinski definition) is 1. The Balaban J connectivity index is 1.66. The van der Waals surface area contributed by atoms with Gasteiger partial charge in [-0.05, 0) is 31.2 Å². The number of carbonyl (C=O) groups is 2. The van der Waals surface area contributed by atoms with E-state index in [9.17, 15) is 9.59 Å². The van der Waals surface area contributed by atoms with Gasteiger partial charge in [0.15, 0.2) is 6.10 Å². The first-order valence-electron chi connectivity index (χ1n) is 9.40. The standard InChI is InChI=1S/C20H28N2O3/c1-15(23)21-17-11-13-22(14-12-17)20(24)19(16-7-3-2-4-8-16)25-18-9-5-6-10-18/h2-4,7-8,17-19H,5-6,9-14H2,1H3,(H,21,23)/t19-/m1/s1. The van der Waals surface area contributed by atoms with Crippen LogP contribution in [0, 0.1) is 0 Å². The molecule has 3 rings (SSSR count). The van der Waals surface area contributed by atoms with Gasteiger partial charge < -0.3 is 15.0 Å². The average Bonchev–Trinajstić information content (AvgIpc) is 3.13. The Bertz CT molecular complexity index is 576. The van der Waals surface area contributed by atoms with Crippen LogP contribution < -0.4 is 5.32 Å². The predicted molar refractivity (Wildman–Crippen MR) is 95.9 cm³/mol. The molecular weight excluding hydrogens is 316 g/mol. The van der Waals surface area contributed by atoms with E-state index in [0.29, 0.717) is 13.1 Å². The summed E-state index contributed by atoms with van der Waals surface area (Å²) in [5.41, 5.74) is 0.934. The summed E-state index contributed by atoms with van der Waals surface area (Å²) in [4.78, 5) is 26.2. The quantitative estimate of drug-likeness (QED) is 0.893. The number of carbonyl (C=O) groups excluding carboxylic acids is 2. The van der Waals surface area contributed by atoms with Gasteiger partial charge in [0.1, 0.15) is 0 Å². The van der Waals surface area contributed by atoms with Gasteiger partial charge in [0, 0.05) is 26.1 Å². The van der Waals surface area contributed by atoms with Crippen molar-refractivity contribution in [3.8, 4) is 0 Å². The molecule has 25 heavy (non-hydrogen) atoms. The molecule has 1 aromatic rings. The molecule has 1 aliphatic heterocycles. The van der Waals surface area contributed by atoms with Crippen LogP contribution in [0.3, 0.4) is 0 Å². The monoisotopic (exact) mass is 344 g/mol. The van der Waals surface area contributed by atoms with Gasteiger partial charge in [-0.1, -0.05) is 43.2 Å². The molecule has 0 aromatic heterocycles. The van der Waals surface area contributed by atoms with Crippen LogP contribution in [-0.4, -0.2) is 41.9 Å². The number of nitrogens with zero attached hydrogens (tertiary/aromatic N) is 1. The first-order valence-corrected chi connectivity index (χ1v) is 9.40. The molecule has 136 valence electrons. The molecule has 2 aliphatic rings. The topological polar surface area (TPSA) is 58.6 Å². The van der Waals surface area contributed by atoms with Crippen molar-refractivity contribution >= 4 is 11.8 Å². The number of nitrogens with one attached hydrogen (secondary N) is 1. The van der Waals surface area contributed by atoms with Crippen LogP contribution in [0.15, 0.2) is 30.3 Å². The van der Waals surface area contributed by atoms with Gasteiger partial charge >= 0.3 is 0 Å². The minimum atomic E-state index is -0.512. The number of piperidine rings is 1. The number of rotatable bonds is 5. The third-order valence-corrected chi connectivity index (χ3v) is 5.17. The highest BCUT2D eigenvalue weighted by Crippen LogP contribution is 2.30. The second-order valence-electron chi connectivity index (χ2n) is 7.13. The number of amides is 2. The van der Waals surface area contributed by atoms with Crippen LogP contribution in [0.25, 0.3) is 0 Å². The van der Waals surface area contributed by atoms with E-state index in [0.717, 1.165) is 31.2 Å². The molecule has 0 unspecified atom stereocenters. The molecule has 5 nitrogen and oxygen atoms in total. The highest BCUT2D eigenvalue weighted by atomic mass is 16.5. The summed E-state index contributed by atoms with van der Waals surface area (Å²) in [6.07, 6.45) is 5.73. The molecule has 1 heterocycles. The molecule has 1 aromatic carbocycles. The van der Waals surface area contributed by atoms with Crippen molar-refractivity contribution < 1.29 is 14.3 Å². The van der Waals surface area contributed by atoms with Crippen LogP contribution in [0.4, 0.5) is 0 Å². The van der Waals surface area contributed by atoms with Crippen LogP contribution in [0.2, 0.25) is 0 Å².